The molecule has 3 heteroatoms. The molecule has 9 heavy (non-hydrogen) atoms. The summed E-state index contributed by atoms with van der Waals surface area (Å²) in [5.41, 5.74) is 4.33. The minimum absolute atomic E-state index is 0. The predicted octanol–water partition coefficient (Wildman–Crippen LogP) is 1.27. The number of rotatable bonds is 3. The zero-order valence-electron chi connectivity index (χ0n) is 6.05. The molecule has 0 fully saturated rings. The van der Waals surface area contributed by atoms with Gasteiger partial charge in [0.2, 0.25) is 0 Å². The summed E-state index contributed by atoms with van der Waals surface area (Å²) in [5, 5.41) is 8.93. The van der Waals surface area contributed by atoms with Crippen LogP contribution in [0.4, 0.5) is 0 Å². The summed E-state index contributed by atoms with van der Waals surface area (Å²) in [4.78, 5) is 0. The molecule has 3 N–H and O–H groups in total. The predicted molar refractivity (Wildman–Crippen MR) is 41.6 cm³/mol. The van der Waals surface area contributed by atoms with Crippen LogP contribution in [0.1, 0.15) is 33.1 Å². The summed E-state index contributed by atoms with van der Waals surface area (Å²) < 4.78 is 0. The molecule has 58 valence electrons. The molecule has 0 spiro atoms. The average Bonchev–Trinajstić information content (AvgIpc) is 1.59. The van der Waals surface area contributed by atoms with Gasteiger partial charge in [-0.25, -0.2) is 0 Å². The molecular formula is C6H16ClNO. The van der Waals surface area contributed by atoms with Gasteiger partial charge in [0.1, 0.15) is 5.72 Å². The highest BCUT2D eigenvalue weighted by Gasteiger charge is 2.10. The van der Waals surface area contributed by atoms with Crippen LogP contribution in [0.3, 0.4) is 0 Å². The average molecular weight is 154 g/mol. The van der Waals surface area contributed by atoms with Crippen molar-refractivity contribution in [3.05, 3.63) is 0 Å². The molecule has 0 saturated heterocycles. The van der Waals surface area contributed by atoms with Crippen LogP contribution in [0.25, 0.3) is 0 Å². The van der Waals surface area contributed by atoms with E-state index in [2.05, 4.69) is 6.92 Å². The smallest absolute Gasteiger partial charge is 0.110 e. The monoisotopic (exact) mass is 153 g/mol. The summed E-state index contributed by atoms with van der Waals surface area (Å²) in [6.07, 6.45) is 2.79. The second-order valence-corrected chi connectivity index (χ2v) is 2.46. The number of hydrogen-bond donors (Lipinski definition) is 2. The molecule has 0 aliphatic heterocycles. The van der Waals surface area contributed by atoms with E-state index >= 15 is 0 Å². The van der Waals surface area contributed by atoms with Crippen LogP contribution in [0.5, 0.6) is 0 Å². The first kappa shape index (κ1) is 11.9. The highest BCUT2D eigenvalue weighted by atomic mass is 35.5. The van der Waals surface area contributed by atoms with Gasteiger partial charge in [-0.05, 0) is 19.8 Å². The Morgan fingerprint density at radius 3 is 2.11 bits per heavy atom. The van der Waals surface area contributed by atoms with E-state index in [1.807, 2.05) is 0 Å². The molecule has 0 saturated carbocycles. The van der Waals surface area contributed by atoms with E-state index in [1.54, 1.807) is 6.92 Å². The van der Waals surface area contributed by atoms with Gasteiger partial charge in [0.15, 0.2) is 0 Å². The van der Waals surface area contributed by atoms with Gasteiger partial charge in [0.25, 0.3) is 0 Å². The Balaban J connectivity index is 0. The lowest BCUT2D eigenvalue weighted by Crippen LogP contribution is -2.35. The lowest BCUT2D eigenvalue weighted by molar-refractivity contribution is 0.0556. The maximum absolute atomic E-state index is 8.93. The van der Waals surface area contributed by atoms with Crippen molar-refractivity contribution in [3.8, 4) is 0 Å². The van der Waals surface area contributed by atoms with E-state index in [0.717, 1.165) is 12.8 Å². The standard InChI is InChI=1S/C6H15NO.ClH/c1-3-4-5-6(2,7)8;/h8H,3-5,7H2,1-2H3;1H. The van der Waals surface area contributed by atoms with Crippen molar-refractivity contribution in [2.24, 2.45) is 5.73 Å². The molecule has 2 nitrogen and oxygen atoms in total. The summed E-state index contributed by atoms with van der Waals surface area (Å²) in [6, 6.07) is 0. The molecule has 1 unspecified atom stereocenters. The van der Waals surface area contributed by atoms with E-state index < -0.39 is 5.72 Å². The molecule has 0 aromatic rings. The number of aliphatic hydroxyl groups is 1. The fourth-order valence-corrected chi connectivity index (χ4v) is 0.535. The summed E-state index contributed by atoms with van der Waals surface area (Å²) >= 11 is 0. The van der Waals surface area contributed by atoms with Gasteiger partial charge in [-0.3, -0.25) is 0 Å². The summed E-state index contributed by atoms with van der Waals surface area (Å²) in [7, 11) is 0. The van der Waals surface area contributed by atoms with Crippen molar-refractivity contribution >= 4 is 12.4 Å². The highest BCUT2D eigenvalue weighted by Crippen LogP contribution is 2.04. The Morgan fingerprint density at radius 1 is 1.56 bits per heavy atom. The fraction of sp³-hybridized carbons (Fsp3) is 1.00. The van der Waals surface area contributed by atoms with Gasteiger partial charge >= 0.3 is 0 Å². The molecule has 0 aromatic heterocycles. The third kappa shape index (κ3) is 11.7. The van der Waals surface area contributed by atoms with E-state index in [4.69, 9.17) is 10.8 Å². The number of unbranched alkanes of at least 4 members (excludes halogenated alkanes) is 1. The van der Waals surface area contributed by atoms with E-state index in [0.29, 0.717) is 6.42 Å². The lowest BCUT2D eigenvalue weighted by Gasteiger charge is -2.15. The quantitative estimate of drug-likeness (QED) is 0.600. The highest BCUT2D eigenvalue weighted by molar-refractivity contribution is 5.85. The third-order valence-electron chi connectivity index (χ3n) is 1.04. The third-order valence-corrected chi connectivity index (χ3v) is 1.04. The zero-order chi connectivity index (χ0) is 6.62. The van der Waals surface area contributed by atoms with Gasteiger partial charge in [-0.15, -0.1) is 12.4 Å². The Kier molecular flexibility index (Phi) is 6.68. The van der Waals surface area contributed by atoms with Crippen molar-refractivity contribution in [2.45, 2.75) is 38.8 Å². The topological polar surface area (TPSA) is 46.2 Å². The summed E-state index contributed by atoms with van der Waals surface area (Å²) in [5.74, 6) is 0. The Labute approximate surface area is 62.9 Å². The number of hydrogen-bond acceptors (Lipinski definition) is 2. The Bertz CT molecular complexity index is 60.6. The van der Waals surface area contributed by atoms with Crippen LogP contribution in [-0.2, 0) is 0 Å². The molecule has 0 amide bonds. The fourth-order valence-electron chi connectivity index (χ4n) is 0.535. The maximum atomic E-state index is 8.93. The molecule has 0 rings (SSSR count). The Morgan fingerprint density at radius 2 is 2.00 bits per heavy atom. The normalized spacial score (nSPS) is 16.0. The van der Waals surface area contributed by atoms with Gasteiger partial charge in [0, 0.05) is 0 Å². The first-order valence-electron chi connectivity index (χ1n) is 3.07. The first-order chi connectivity index (χ1) is 3.56. The first-order valence-corrected chi connectivity index (χ1v) is 3.07. The van der Waals surface area contributed by atoms with Gasteiger partial charge in [-0.2, -0.15) is 0 Å². The van der Waals surface area contributed by atoms with E-state index in [1.165, 1.54) is 0 Å². The van der Waals surface area contributed by atoms with Crippen LogP contribution >= 0.6 is 12.4 Å². The lowest BCUT2D eigenvalue weighted by atomic mass is 10.1. The van der Waals surface area contributed by atoms with Crippen molar-refractivity contribution < 1.29 is 5.11 Å². The Hall–Kier alpha value is 0.210. The van der Waals surface area contributed by atoms with Crippen molar-refractivity contribution in [1.29, 1.82) is 0 Å². The molecular weight excluding hydrogens is 138 g/mol. The summed E-state index contributed by atoms with van der Waals surface area (Å²) in [6.45, 7) is 3.70. The van der Waals surface area contributed by atoms with Crippen LogP contribution in [0, 0.1) is 0 Å². The van der Waals surface area contributed by atoms with Crippen molar-refractivity contribution in [3.63, 3.8) is 0 Å². The molecule has 0 aromatic carbocycles. The zero-order valence-corrected chi connectivity index (χ0v) is 6.87. The minimum Gasteiger partial charge on any atom is -0.376 e. The van der Waals surface area contributed by atoms with Gasteiger partial charge in [0.05, 0.1) is 0 Å². The van der Waals surface area contributed by atoms with E-state index in [-0.39, 0.29) is 12.4 Å². The second kappa shape index (κ2) is 5.03. The van der Waals surface area contributed by atoms with E-state index in [9.17, 15) is 0 Å². The molecule has 0 aliphatic rings. The van der Waals surface area contributed by atoms with Crippen LogP contribution < -0.4 is 5.73 Å². The van der Waals surface area contributed by atoms with Crippen LogP contribution in [0.2, 0.25) is 0 Å². The molecule has 0 heterocycles. The maximum Gasteiger partial charge on any atom is 0.110 e. The molecule has 0 aliphatic carbocycles. The SMILES string of the molecule is CCCCC(C)(N)O.Cl. The van der Waals surface area contributed by atoms with Gasteiger partial charge in [-0.1, -0.05) is 13.3 Å². The number of nitrogens with two attached hydrogens (primary N) is 1. The van der Waals surface area contributed by atoms with Gasteiger partial charge < -0.3 is 10.8 Å². The molecule has 1 atom stereocenters. The van der Waals surface area contributed by atoms with Crippen LogP contribution in [-0.4, -0.2) is 10.8 Å². The van der Waals surface area contributed by atoms with Crippen molar-refractivity contribution in [2.75, 3.05) is 0 Å². The van der Waals surface area contributed by atoms with Crippen molar-refractivity contribution in [1.82, 2.24) is 0 Å². The number of halogens is 1. The molecule has 0 bridgehead atoms. The largest absolute Gasteiger partial charge is 0.376 e. The van der Waals surface area contributed by atoms with Crippen LogP contribution in [0.15, 0.2) is 0 Å². The minimum atomic E-state index is -0.948. The molecule has 0 radical (unpaired) electrons. The second-order valence-electron chi connectivity index (χ2n) is 2.46.